The maximum atomic E-state index is 5.03. The van der Waals surface area contributed by atoms with E-state index in [0.29, 0.717) is 18.4 Å². The third-order valence-electron chi connectivity index (χ3n) is 2.59. The van der Waals surface area contributed by atoms with E-state index in [1.807, 2.05) is 0 Å². The summed E-state index contributed by atoms with van der Waals surface area (Å²) < 4.78 is 7.10. The van der Waals surface area contributed by atoms with Crippen molar-refractivity contribution in [3.63, 3.8) is 0 Å². The number of ether oxygens (including phenoxy) is 1. The number of hydrogen-bond donors (Lipinski definition) is 0. The topological polar surface area (TPSA) is 39.9 Å². The molecule has 1 atom stereocenters. The molecule has 1 aromatic heterocycles. The Morgan fingerprint density at radius 3 is 2.71 bits per heavy atom. The fraction of sp³-hybridized carbons (Fsp3) is 0.800. The van der Waals surface area contributed by atoms with Crippen LogP contribution in [0.5, 0.6) is 0 Å². The minimum Gasteiger partial charge on any atom is -0.383 e. The van der Waals surface area contributed by atoms with Gasteiger partial charge in [-0.05, 0) is 5.92 Å². The molecule has 4 heteroatoms. The van der Waals surface area contributed by atoms with Crippen LogP contribution < -0.4 is 0 Å². The van der Waals surface area contributed by atoms with Gasteiger partial charge >= 0.3 is 0 Å². The number of aromatic nitrogens is 3. The first kappa shape index (κ1) is 11.2. The second-order valence-corrected chi connectivity index (χ2v) is 3.91. The second-order valence-electron chi connectivity index (χ2n) is 3.91. The zero-order valence-electron chi connectivity index (χ0n) is 9.40. The molecule has 0 amide bonds. The van der Waals surface area contributed by atoms with Crippen molar-refractivity contribution in [2.75, 3.05) is 13.7 Å². The molecule has 0 aliphatic heterocycles. The fourth-order valence-electron chi connectivity index (χ4n) is 1.28. The number of rotatable bonds is 5. The normalized spacial score (nSPS) is 13.5. The van der Waals surface area contributed by atoms with E-state index in [4.69, 9.17) is 4.74 Å². The highest BCUT2D eigenvalue weighted by Crippen LogP contribution is 2.21. The van der Waals surface area contributed by atoms with Gasteiger partial charge in [-0.2, -0.15) is 0 Å². The molecule has 14 heavy (non-hydrogen) atoms. The first-order chi connectivity index (χ1) is 6.66. The molecule has 0 N–H and O–H groups in total. The molecule has 0 bridgehead atoms. The Morgan fingerprint density at radius 2 is 2.14 bits per heavy atom. The van der Waals surface area contributed by atoms with E-state index in [-0.39, 0.29) is 0 Å². The van der Waals surface area contributed by atoms with Crippen molar-refractivity contribution in [1.82, 2.24) is 14.8 Å². The highest BCUT2D eigenvalue weighted by Gasteiger charge is 2.15. The molecule has 1 aromatic rings. The Labute approximate surface area is 85.3 Å². The van der Waals surface area contributed by atoms with Crippen molar-refractivity contribution < 1.29 is 4.74 Å². The Bertz CT molecular complexity index is 270. The standard InChI is InChI=1S/C10H19N3O/c1-8(2)9(3)10-12-11-7-13(10)5-6-14-4/h7-9H,5-6H2,1-4H3. The quantitative estimate of drug-likeness (QED) is 0.721. The van der Waals surface area contributed by atoms with Gasteiger partial charge in [0.25, 0.3) is 0 Å². The van der Waals surface area contributed by atoms with Crippen LogP contribution in [-0.4, -0.2) is 28.5 Å². The van der Waals surface area contributed by atoms with Crippen LogP contribution in [0.1, 0.15) is 32.5 Å². The second kappa shape index (κ2) is 5.10. The van der Waals surface area contributed by atoms with Gasteiger partial charge in [0.15, 0.2) is 0 Å². The van der Waals surface area contributed by atoms with E-state index in [0.717, 1.165) is 12.4 Å². The average Bonchev–Trinajstić information content (AvgIpc) is 2.61. The molecule has 1 unspecified atom stereocenters. The fourth-order valence-corrected chi connectivity index (χ4v) is 1.28. The molecule has 0 aromatic carbocycles. The third kappa shape index (κ3) is 2.54. The van der Waals surface area contributed by atoms with E-state index in [9.17, 15) is 0 Å². The lowest BCUT2D eigenvalue weighted by molar-refractivity contribution is 0.185. The molecule has 1 heterocycles. The summed E-state index contributed by atoms with van der Waals surface area (Å²) in [6.07, 6.45) is 1.77. The summed E-state index contributed by atoms with van der Waals surface area (Å²) in [6.45, 7) is 8.10. The van der Waals surface area contributed by atoms with Gasteiger partial charge in [-0.1, -0.05) is 20.8 Å². The molecule has 0 saturated heterocycles. The molecule has 0 radical (unpaired) electrons. The molecule has 80 valence electrons. The number of methoxy groups -OCH3 is 1. The smallest absolute Gasteiger partial charge is 0.135 e. The van der Waals surface area contributed by atoms with Crippen molar-refractivity contribution in [2.45, 2.75) is 33.2 Å². The monoisotopic (exact) mass is 197 g/mol. The van der Waals surface area contributed by atoms with Crippen LogP contribution >= 0.6 is 0 Å². The van der Waals surface area contributed by atoms with E-state index >= 15 is 0 Å². The summed E-state index contributed by atoms with van der Waals surface area (Å²) in [5.74, 6) is 2.08. The molecule has 0 aliphatic carbocycles. The van der Waals surface area contributed by atoms with E-state index < -0.39 is 0 Å². The Morgan fingerprint density at radius 1 is 1.43 bits per heavy atom. The van der Waals surface area contributed by atoms with Crippen molar-refractivity contribution in [3.8, 4) is 0 Å². The van der Waals surface area contributed by atoms with Gasteiger partial charge in [0.1, 0.15) is 12.2 Å². The maximum absolute atomic E-state index is 5.03. The van der Waals surface area contributed by atoms with Gasteiger partial charge in [0.05, 0.1) is 6.61 Å². The Hall–Kier alpha value is -0.900. The maximum Gasteiger partial charge on any atom is 0.135 e. The predicted molar refractivity (Wildman–Crippen MR) is 55.2 cm³/mol. The third-order valence-corrected chi connectivity index (χ3v) is 2.59. The van der Waals surface area contributed by atoms with E-state index in [1.165, 1.54) is 0 Å². The molecular formula is C10H19N3O. The summed E-state index contributed by atoms with van der Waals surface area (Å²) in [5, 5.41) is 8.08. The van der Waals surface area contributed by atoms with E-state index in [1.54, 1.807) is 13.4 Å². The molecule has 1 rings (SSSR count). The first-order valence-corrected chi connectivity index (χ1v) is 5.03. The highest BCUT2D eigenvalue weighted by atomic mass is 16.5. The van der Waals surface area contributed by atoms with Crippen molar-refractivity contribution >= 4 is 0 Å². The summed E-state index contributed by atoms with van der Waals surface area (Å²) in [4.78, 5) is 0. The van der Waals surface area contributed by atoms with Crippen LogP contribution in [-0.2, 0) is 11.3 Å². The average molecular weight is 197 g/mol. The van der Waals surface area contributed by atoms with Crippen molar-refractivity contribution in [3.05, 3.63) is 12.2 Å². The Balaban J connectivity index is 2.71. The molecule has 0 spiro atoms. The summed E-state index contributed by atoms with van der Waals surface area (Å²) in [5.41, 5.74) is 0. The highest BCUT2D eigenvalue weighted by molar-refractivity contribution is 4.95. The minimum atomic E-state index is 0.439. The zero-order chi connectivity index (χ0) is 10.6. The Kier molecular flexibility index (Phi) is 4.07. The van der Waals surface area contributed by atoms with Gasteiger partial charge < -0.3 is 9.30 Å². The summed E-state index contributed by atoms with van der Waals surface area (Å²) in [7, 11) is 1.70. The molecule has 0 saturated carbocycles. The lowest BCUT2D eigenvalue weighted by atomic mass is 9.97. The number of nitrogens with zero attached hydrogens (tertiary/aromatic N) is 3. The van der Waals surface area contributed by atoms with Crippen LogP contribution in [0.15, 0.2) is 6.33 Å². The van der Waals surface area contributed by atoms with Crippen LogP contribution in [0.25, 0.3) is 0 Å². The van der Waals surface area contributed by atoms with Crippen LogP contribution in [0, 0.1) is 5.92 Å². The number of hydrogen-bond acceptors (Lipinski definition) is 3. The van der Waals surface area contributed by atoms with Gasteiger partial charge in [-0.3, -0.25) is 0 Å². The van der Waals surface area contributed by atoms with Gasteiger partial charge in [0, 0.05) is 19.6 Å². The van der Waals surface area contributed by atoms with Gasteiger partial charge in [-0.15, -0.1) is 10.2 Å². The molecule has 0 fully saturated rings. The zero-order valence-corrected chi connectivity index (χ0v) is 9.40. The minimum absolute atomic E-state index is 0.439. The summed E-state index contributed by atoms with van der Waals surface area (Å²) in [6, 6.07) is 0. The van der Waals surface area contributed by atoms with E-state index in [2.05, 4.69) is 35.5 Å². The largest absolute Gasteiger partial charge is 0.383 e. The predicted octanol–water partition coefficient (Wildman–Crippen LogP) is 1.68. The van der Waals surface area contributed by atoms with Crippen molar-refractivity contribution in [1.29, 1.82) is 0 Å². The molecular weight excluding hydrogens is 178 g/mol. The van der Waals surface area contributed by atoms with Crippen LogP contribution in [0.2, 0.25) is 0 Å². The van der Waals surface area contributed by atoms with Crippen molar-refractivity contribution in [2.24, 2.45) is 5.92 Å². The lowest BCUT2D eigenvalue weighted by Gasteiger charge is -2.15. The van der Waals surface area contributed by atoms with Crippen LogP contribution in [0.3, 0.4) is 0 Å². The summed E-state index contributed by atoms with van der Waals surface area (Å²) >= 11 is 0. The first-order valence-electron chi connectivity index (χ1n) is 5.03. The SMILES string of the molecule is COCCn1cnnc1C(C)C(C)C. The van der Waals surface area contributed by atoms with Crippen LogP contribution in [0.4, 0.5) is 0 Å². The van der Waals surface area contributed by atoms with Gasteiger partial charge in [-0.25, -0.2) is 0 Å². The molecule has 0 aliphatic rings. The molecule has 4 nitrogen and oxygen atoms in total. The lowest BCUT2D eigenvalue weighted by Crippen LogP contribution is -2.13. The van der Waals surface area contributed by atoms with Gasteiger partial charge in [0.2, 0.25) is 0 Å².